The SMILES string of the molecule is Cc1cc(C(=O)NCc2nc(-c3cccnc3)no2)c2ccc(F)cc2n1. The summed E-state index contributed by atoms with van der Waals surface area (Å²) < 4.78 is 18.6. The highest BCUT2D eigenvalue weighted by Crippen LogP contribution is 2.20. The Morgan fingerprint density at radius 1 is 1.22 bits per heavy atom. The number of fused-ring (bicyclic) bond motifs is 1. The van der Waals surface area contributed by atoms with Gasteiger partial charge in [-0.2, -0.15) is 4.98 Å². The Morgan fingerprint density at radius 2 is 2.11 bits per heavy atom. The second-order valence-corrected chi connectivity index (χ2v) is 5.91. The Morgan fingerprint density at radius 3 is 2.93 bits per heavy atom. The van der Waals surface area contributed by atoms with E-state index in [9.17, 15) is 9.18 Å². The smallest absolute Gasteiger partial charge is 0.252 e. The highest BCUT2D eigenvalue weighted by molar-refractivity contribution is 6.06. The number of aromatic nitrogens is 4. The lowest BCUT2D eigenvalue weighted by Gasteiger charge is -2.08. The minimum atomic E-state index is -0.402. The Balaban J connectivity index is 1.54. The van der Waals surface area contributed by atoms with Gasteiger partial charge in [0.2, 0.25) is 11.7 Å². The summed E-state index contributed by atoms with van der Waals surface area (Å²) in [5.41, 5.74) is 2.17. The van der Waals surface area contributed by atoms with Gasteiger partial charge in [-0.15, -0.1) is 0 Å². The van der Waals surface area contributed by atoms with E-state index >= 15 is 0 Å². The first kappa shape index (κ1) is 16.8. The lowest BCUT2D eigenvalue weighted by molar-refractivity contribution is 0.0947. The van der Waals surface area contributed by atoms with E-state index in [1.165, 1.54) is 12.1 Å². The summed E-state index contributed by atoms with van der Waals surface area (Å²) in [6.45, 7) is 1.81. The zero-order valence-corrected chi connectivity index (χ0v) is 14.3. The third kappa shape index (κ3) is 3.50. The quantitative estimate of drug-likeness (QED) is 0.599. The number of carbonyl (C=O) groups is 1. The summed E-state index contributed by atoms with van der Waals surface area (Å²) >= 11 is 0. The number of nitrogens with one attached hydrogen (secondary N) is 1. The van der Waals surface area contributed by atoms with Crippen LogP contribution in [0.1, 0.15) is 21.9 Å². The van der Waals surface area contributed by atoms with E-state index in [1.807, 2.05) is 6.07 Å². The Kier molecular flexibility index (Phi) is 4.29. The summed E-state index contributed by atoms with van der Waals surface area (Å²) in [6, 6.07) is 9.38. The van der Waals surface area contributed by atoms with Crippen molar-refractivity contribution in [3.8, 4) is 11.4 Å². The molecule has 8 heteroatoms. The molecule has 134 valence electrons. The van der Waals surface area contributed by atoms with Gasteiger partial charge in [-0.25, -0.2) is 4.39 Å². The molecule has 0 aliphatic carbocycles. The fourth-order valence-electron chi connectivity index (χ4n) is 2.71. The van der Waals surface area contributed by atoms with Crippen molar-refractivity contribution in [3.05, 3.63) is 71.8 Å². The van der Waals surface area contributed by atoms with E-state index in [1.54, 1.807) is 37.5 Å². The van der Waals surface area contributed by atoms with E-state index in [-0.39, 0.29) is 18.3 Å². The van der Waals surface area contributed by atoms with Crippen LogP contribution in [0.3, 0.4) is 0 Å². The normalized spacial score (nSPS) is 10.9. The first-order valence-electron chi connectivity index (χ1n) is 8.18. The van der Waals surface area contributed by atoms with Crippen LogP contribution in [0.2, 0.25) is 0 Å². The maximum absolute atomic E-state index is 13.4. The standard InChI is InChI=1S/C19H14FN5O2/c1-11-7-15(14-5-4-13(20)8-16(14)23-11)19(26)22-10-17-24-18(25-27-17)12-3-2-6-21-9-12/h2-9H,10H2,1H3,(H,22,26). The van der Waals surface area contributed by atoms with Crippen LogP contribution in [0.25, 0.3) is 22.3 Å². The van der Waals surface area contributed by atoms with Gasteiger partial charge in [0.05, 0.1) is 17.6 Å². The molecule has 0 fully saturated rings. The molecule has 0 aliphatic rings. The van der Waals surface area contributed by atoms with E-state index in [0.717, 1.165) is 5.56 Å². The second kappa shape index (κ2) is 6.91. The molecule has 1 N–H and O–H groups in total. The molecule has 3 heterocycles. The zero-order chi connectivity index (χ0) is 18.8. The third-order valence-electron chi connectivity index (χ3n) is 3.93. The topological polar surface area (TPSA) is 93.8 Å². The van der Waals surface area contributed by atoms with Crippen molar-refractivity contribution in [3.63, 3.8) is 0 Å². The predicted molar refractivity (Wildman–Crippen MR) is 95.1 cm³/mol. The lowest BCUT2D eigenvalue weighted by Crippen LogP contribution is -2.23. The highest BCUT2D eigenvalue weighted by Gasteiger charge is 2.14. The Hall–Kier alpha value is -3.68. The fourth-order valence-corrected chi connectivity index (χ4v) is 2.71. The Bertz CT molecular complexity index is 1120. The van der Waals surface area contributed by atoms with Gasteiger partial charge >= 0.3 is 0 Å². The van der Waals surface area contributed by atoms with Crippen molar-refractivity contribution < 1.29 is 13.7 Å². The molecule has 3 aromatic heterocycles. The van der Waals surface area contributed by atoms with Gasteiger partial charge in [0.15, 0.2) is 0 Å². The molecule has 4 aromatic rings. The van der Waals surface area contributed by atoms with Crippen molar-refractivity contribution in [2.45, 2.75) is 13.5 Å². The van der Waals surface area contributed by atoms with Crippen molar-refractivity contribution >= 4 is 16.8 Å². The van der Waals surface area contributed by atoms with Gasteiger partial charge in [-0.05, 0) is 37.3 Å². The molecule has 4 rings (SSSR count). The maximum Gasteiger partial charge on any atom is 0.252 e. The van der Waals surface area contributed by atoms with Crippen LogP contribution in [-0.2, 0) is 6.54 Å². The largest absolute Gasteiger partial charge is 0.343 e. The number of rotatable bonds is 4. The van der Waals surface area contributed by atoms with Crippen molar-refractivity contribution in [2.75, 3.05) is 0 Å². The zero-order valence-electron chi connectivity index (χ0n) is 14.3. The Labute approximate surface area is 153 Å². The molecule has 1 aromatic carbocycles. The molecule has 1 amide bonds. The van der Waals surface area contributed by atoms with Crippen LogP contribution in [0.5, 0.6) is 0 Å². The van der Waals surface area contributed by atoms with E-state index in [2.05, 4.69) is 25.4 Å². The molecule has 27 heavy (non-hydrogen) atoms. The highest BCUT2D eigenvalue weighted by atomic mass is 19.1. The van der Waals surface area contributed by atoms with E-state index < -0.39 is 5.82 Å². The number of carbonyl (C=O) groups excluding carboxylic acids is 1. The third-order valence-corrected chi connectivity index (χ3v) is 3.93. The first-order valence-corrected chi connectivity index (χ1v) is 8.18. The summed E-state index contributed by atoms with van der Waals surface area (Å²) in [6.07, 6.45) is 3.27. The van der Waals surface area contributed by atoms with E-state index in [4.69, 9.17) is 4.52 Å². The average Bonchev–Trinajstić information content (AvgIpc) is 3.15. The van der Waals surface area contributed by atoms with Crippen molar-refractivity contribution in [2.24, 2.45) is 0 Å². The number of hydrogen-bond acceptors (Lipinski definition) is 6. The molecular weight excluding hydrogens is 349 g/mol. The van der Waals surface area contributed by atoms with E-state index in [0.29, 0.717) is 28.0 Å². The number of hydrogen-bond donors (Lipinski definition) is 1. The molecule has 7 nitrogen and oxygen atoms in total. The maximum atomic E-state index is 13.4. The fraction of sp³-hybridized carbons (Fsp3) is 0.105. The molecule has 0 spiro atoms. The number of nitrogens with zero attached hydrogens (tertiary/aromatic N) is 4. The van der Waals surface area contributed by atoms with Crippen LogP contribution in [0.15, 0.2) is 53.3 Å². The van der Waals surface area contributed by atoms with Crippen LogP contribution in [0.4, 0.5) is 4.39 Å². The summed E-state index contributed by atoms with van der Waals surface area (Å²) in [7, 11) is 0. The predicted octanol–water partition coefficient (Wildman–Crippen LogP) is 3.06. The van der Waals surface area contributed by atoms with Gasteiger partial charge in [-0.3, -0.25) is 14.8 Å². The minimum absolute atomic E-state index is 0.0656. The second-order valence-electron chi connectivity index (χ2n) is 5.91. The number of halogens is 1. The van der Waals surface area contributed by atoms with Crippen LogP contribution in [0, 0.1) is 12.7 Å². The summed E-state index contributed by atoms with van der Waals surface area (Å²) in [5.74, 6) is -0.0738. The van der Waals surface area contributed by atoms with Gasteiger partial charge in [0, 0.05) is 35.1 Å². The summed E-state index contributed by atoms with van der Waals surface area (Å²) in [5, 5.41) is 7.19. The molecule has 0 radical (unpaired) electrons. The molecule has 0 atom stereocenters. The number of benzene rings is 1. The average molecular weight is 363 g/mol. The van der Waals surface area contributed by atoms with Crippen molar-refractivity contribution in [1.29, 1.82) is 0 Å². The minimum Gasteiger partial charge on any atom is -0.343 e. The van der Waals surface area contributed by atoms with Crippen LogP contribution < -0.4 is 5.32 Å². The molecular formula is C19H14FN5O2. The van der Waals surface area contributed by atoms with Crippen molar-refractivity contribution in [1.82, 2.24) is 25.4 Å². The molecule has 0 saturated carbocycles. The van der Waals surface area contributed by atoms with Gasteiger partial charge in [0.1, 0.15) is 5.82 Å². The van der Waals surface area contributed by atoms with Crippen LogP contribution >= 0.6 is 0 Å². The van der Waals surface area contributed by atoms with Crippen LogP contribution in [-0.4, -0.2) is 26.0 Å². The number of pyridine rings is 2. The summed E-state index contributed by atoms with van der Waals surface area (Å²) in [4.78, 5) is 25.1. The van der Waals surface area contributed by atoms with Gasteiger partial charge in [0.25, 0.3) is 5.91 Å². The lowest BCUT2D eigenvalue weighted by atomic mass is 10.1. The number of aryl methyl sites for hydroxylation is 1. The van der Waals surface area contributed by atoms with Gasteiger partial charge in [-0.1, -0.05) is 5.16 Å². The first-order chi connectivity index (χ1) is 13.1. The molecule has 0 aliphatic heterocycles. The molecule has 0 bridgehead atoms. The molecule has 0 saturated heterocycles. The molecule has 0 unspecified atom stereocenters. The van der Waals surface area contributed by atoms with Gasteiger partial charge < -0.3 is 9.84 Å². The number of amides is 1. The monoisotopic (exact) mass is 363 g/mol.